The molecule has 1 aromatic heterocycles. The average molecular weight is 383 g/mol. The van der Waals surface area contributed by atoms with Crippen molar-refractivity contribution < 1.29 is 13.2 Å². The average Bonchev–Trinajstić information content (AvgIpc) is 3.04. The van der Waals surface area contributed by atoms with Crippen LogP contribution in [-0.4, -0.2) is 21.4 Å². The maximum Gasteiger partial charge on any atom is 0.268 e. The molecule has 2 aromatic carbocycles. The number of aryl methyl sites for hydroxylation is 1. The van der Waals surface area contributed by atoms with Gasteiger partial charge in [0.25, 0.3) is 5.91 Å². The summed E-state index contributed by atoms with van der Waals surface area (Å²) >= 11 is 1.36. The first-order chi connectivity index (χ1) is 12.4. The van der Waals surface area contributed by atoms with Crippen molar-refractivity contribution in [1.82, 2.24) is 0 Å². The van der Waals surface area contributed by atoms with Gasteiger partial charge in [-0.2, -0.15) is 0 Å². The molecular formula is C20H17NO3S2. The van der Waals surface area contributed by atoms with Crippen LogP contribution < -0.4 is 4.90 Å². The number of benzene rings is 2. The van der Waals surface area contributed by atoms with Gasteiger partial charge in [-0.05, 0) is 36.2 Å². The van der Waals surface area contributed by atoms with Crippen LogP contribution in [0.1, 0.15) is 20.8 Å². The van der Waals surface area contributed by atoms with Crippen LogP contribution in [0, 0.1) is 6.92 Å². The summed E-state index contributed by atoms with van der Waals surface area (Å²) in [6.07, 6.45) is 0. The summed E-state index contributed by atoms with van der Waals surface area (Å²) in [6, 6.07) is 16.4. The predicted molar refractivity (Wildman–Crippen MR) is 105 cm³/mol. The first kappa shape index (κ1) is 17.0. The molecule has 1 aliphatic heterocycles. The fourth-order valence-electron chi connectivity index (χ4n) is 3.29. The maximum atomic E-state index is 13.0. The van der Waals surface area contributed by atoms with Gasteiger partial charge in [-0.15, -0.1) is 11.3 Å². The Labute approximate surface area is 156 Å². The topological polar surface area (TPSA) is 54.5 Å². The van der Waals surface area contributed by atoms with E-state index in [1.165, 1.54) is 11.3 Å². The highest BCUT2D eigenvalue weighted by atomic mass is 32.2. The van der Waals surface area contributed by atoms with Gasteiger partial charge < -0.3 is 4.90 Å². The quantitative estimate of drug-likeness (QED) is 0.663. The molecule has 6 heteroatoms. The normalized spacial score (nSPS) is 14.4. The molecule has 0 saturated carbocycles. The zero-order valence-electron chi connectivity index (χ0n) is 14.4. The number of carbonyl (C=O) groups is 1. The molecule has 4 rings (SSSR count). The minimum atomic E-state index is -3.37. The van der Waals surface area contributed by atoms with E-state index in [1.807, 2.05) is 37.3 Å². The lowest BCUT2D eigenvalue weighted by Crippen LogP contribution is -2.26. The van der Waals surface area contributed by atoms with E-state index in [0.29, 0.717) is 20.9 Å². The van der Waals surface area contributed by atoms with Crippen LogP contribution in [0.5, 0.6) is 0 Å². The predicted octanol–water partition coefficient (Wildman–Crippen LogP) is 4.29. The van der Waals surface area contributed by atoms with Crippen LogP contribution in [0.25, 0.3) is 10.4 Å². The van der Waals surface area contributed by atoms with Crippen molar-refractivity contribution in [2.45, 2.75) is 17.6 Å². The molecule has 0 N–H and O–H groups in total. The SMILES string of the molecule is Cc1ccccc1N(C)C(=O)c1cc2c(s1)-c1ccccc1S(=O)(=O)C2. The molecule has 1 amide bonds. The Balaban J connectivity index is 1.78. The number of rotatable bonds is 2. The fraction of sp³-hybridized carbons (Fsp3) is 0.150. The Morgan fingerprint density at radius 3 is 2.54 bits per heavy atom. The summed E-state index contributed by atoms with van der Waals surface area (Å²) < 4.78 is 25.0. The van der Waals surface area contributed by atoms with Gasteiger partial charge in [-0.3, -0.25) is 4.79 Å². The third-order valence-electron chi connectivity index (χ3n) is 4.61. The van der Waals surface area contributed by atoms with Gasteiger partial charge in [0.2, 0.25) is 0 Å². The molecule has 0 atom stereocenters. The van der Waals surface area contributed by atoms with Crippen molar-refractivity contribution in [2.24, 2.45) is 0 Å². The molecule has 0 radical (unpaired) electrons. The number of sulfone groups is 1. The van der Waals surface area contributed by atoms with E-state index in [9.17, 15) is 13.2 Å². The summed E-state index contributed by atoms with van der Waals surface area (Å²) in [6.45, 7) is 1.96. The van der Waals surface area contributed by atoms with Gasteiger partial charge in [0, 0.05) is 23.2 Å². The smallest absolute Gasteiger partial charge is 0.268 e. The number of carbonyl (C=O) groups excluding carboxylic acids is 1. The van der Waals surface area contributed by atoms with E-state index in [1.54, 1.807) is 36.2 Å². The molecule has 0 aliphatic carbocycles. The van der Waals surface area contributed by atoms with Gasteiger partial charge in [0.05, 0.1) is 15.5 Å². The van der Waals surface area contributed by atoms with E-state index in [4.69, 9.17) is 0 Å². The standard InChI is InChI=1S/C20H17NO3S2/c1-13-7-3-5-9-16(13)21(2)20(22)17-11-14-12-26(23,24)18-10-6-4-8-15(18)19(14)25-17/h3-11H,12H2,1-2H3. The van der Waals surface area contributed by atoms with Crippen molar-refractivity contribution >= 4 is 32.8 Å². The molecule has 26 heavy (non-hydrogen) atoms. The molecule has 0 unspecified atom stereocenters. The molecular weight excluding hydrogens is 366 g/mol. The number of nitrogens with zero attached hydrogens (tertiary/aromatic N) is 1. The molecule has 132 valence electrons. The number of amides is 1. The van der Waals surface area contributed by atoms with Crippen molar-refractivity contribution in [2.75, 3.05) is 11.9 Å². The second-order valence-electron chi connectivity index (χ2n) is 6.37. The van der Waals surface area contributed by atoms with Crippen molar-refractivity contribution in [3.8, 4) is 10.4 Å². The van der Waals surface area contributed by atoms with E-state index in [2.05, 4.69) is 0 Å². The van der Waals surface area contributed by atoms with Crippen LogP contribution >= 0.6 is 11.3 Å². The van der Waals surface area contributed by atoms with Gasteiger partial charge in [-0.25, -0.2) is 8.42 Å². The molecule has 3 aromatic rings. The van der Waals surface area contributed by atoms with Gasteiger partial charge in [0.15, 0.2) is 9.84 Å². The highest BCUT2D eigenvalue weighted by Crippen LogP contribution is 2.43. The fourth-order valence-corrected chi connectivity index (χ4v) is 6.23. The van der Waals surface area contributed by atoms with Crippen LogP contribution in [-0.2, 0) is 15.6 Å². The van der Waals surface area contributed by atoms with Crippen LogP contribution in [0.2, 0.25) is 0 Å². The van der Waals surface area contributed by atoms with E-state index in [-0.39, 0.29) is 11.7 Å². The number of para-hydroxylation sites is 1. The lowest BCUT2D eigenvalue weighted by Gasteiger charge is -2.18. The minimum absolute atomic E-state index is 0.0583. The number of thiophene rings is 1. The number of anilines is 1. The second-order valence-corrected chi connectivity index (χ2v) is 9.38. The monoisotopic (exact) mass is 383 g/mol. The van der Waals surface area contributed by atoms with Crippen molar-refractivity contribution in [3.63, 3.8) is 0 Å². The molecule has 4 nitrogen and oxygen atoms in total. The molecule has 0 fully saturated rings. The van der Waals surface area contributed by atoms with E-state index < -0.39 is 9.84 Å². The number of fused-ring (bicyclic) bond motifs is 3. The zero-order valence-corrected chi connectivity index (χ0v) is 16.0. The lowest BCUT2D eigenvalue weighted by atomic mass is 10.1. The molecule has 2 heterocycles. The Hall–Kier alpha value is -2.44. The highest BCUT2D eigenvalue weighted by Gasteiger charge is 2.31. The molecule has 1 aliphatic rings. The summed E-state index contributed by atoms with van der Waals surface area (Å²) in [7, 11) is -1.62. The molecule has 0 spiro atoms. The van der Waals surface area contributed by atoms with Crippen LogP contribution in [0.3, 0.4) is 0 Å². The third-order valence-corrected chi connectivity index (χ3v) is 7.53. The maximum absolute atomic E-state index is 13.0. The highest BCUT2D eigenvalue weighted by molar-refractivity contribution is 7.91. The largest absolute Gasteiger partial charge is 0.310 e. The third kappa shape index (κ3) is 2.66. The Kier molecular flexibility index (Phi) is 3.97. The van der Waals surface area contributed by atoms with Crippen LogP contribution in [0.4, 0.5) is 5.69 Å². The van der Waals surface area contributed by atoms with Crippen molar-refractivity contribution in [3.05, 3.63) is 70.6 Å². The van der Waals surface area contributed by atoms with Crippen LogP contribution in [0.15, 0.2) is 59.5 Å². The first-order valence-electron chi connectivity index (χ1n) is 8.17. The summed E-state index contributed by atoms with van der Waals surface area (Å²) in [4.78, 5) is 16.4. The summed E-state index contributed by atoms with van der Waals surface area (Å²) in [5.41, 5.74) is 3.25. The number of hydrogen-bond donors (Lipinski definition) is 0. The zero-order chi connectivity index (χ0) is 18.5. The minimum Gasteiger partial charge on any atom is -0.310 e. The second kappa shape index (κ2) is 6.07. The summed E-state index contributed by atoms with van der Waals surface area (Å²) in [5.74, 6) is -0.189. The summed E-state index contributed by atoms with van der Waals surface area (Å²) in [5, 5.41) is 0. The molecule has 0 bridgehead atoms. The van der Waals surface area contributed by atoms with E-state index >= 15 is 0 Å². The van der Waals surface area contributed by atoms with Gasteiger partial charge in [0.1, 0.15) is 0 Å². The Morgan fingerprint density at radius 2 is 1.77 bits per heavy atom. The van der Waals surface area contributed by atoms with E-state index in [0.717, 1.165) is 16.1 Å². The lowest BCUT2D eigenvalue weighted by molar-refractivity contribution is 0.0996. The van der Waals surface area contributed by atoms with Gasteiger partial charge in [-0.1, -0.05) is 36.4 Å². The number of hydrogen-bond acceptors (Lipinski definition) is 4. The Morgan fingerprint density at radius 1 is 1.08 bits per heavy atom. The Bertz CT molecular complexity index is 1130. The van der Waals surface area contributed by atoms with Crippen molar-refractivity contribution in [1.29, 1.82) is 0 Å². The van der Waals surface area contributed by atoms with Gasteiger partial charge >= 0.3 is 0 Å². The molecule has 0 saturated heterocycles. The first-order valence-corrected chi connectivity index (χ1v) is 10.6.